The Morgan fingerprint density at radius 3 is 2.81 bits per heavy atom. The van der Waals surface area contributed by atoms with E-state index in [9.17, 15) is 4.79 Å². The van der Waals surface area contributed by atoms with E-state index in [-0.39, 0.29) is 11.7 Å². The summed E-state index contributed by atoms with van der Waals surface area (Å²) < 4.78 is 1.40. The van der Waals surface area contributed by atoms with Crippen molar-refractivity contribution in [3.63, 3.8) is 0 Å². The van der Waals surface area contributed by atoms with Gasteiger partial charge in [-0.2, -0.15) is 5.10 Å². The molecular weight excluding hydrogens is 249 g/mol. The van der Waals surface area contributed by atoms with Gasteiger partial charge in [-0.05, 0) is 12.1 Å². The molecule has 0 atom stereocenters. The van der Waals surface area contributed by atoms with Crippen LogP contribution < -0.4 is 5.01 Å². The molecule has 1 aromatic rings. The van der Waals surface area contributed by atoms with E-state index in [2.05, 4.69) is 5.10 Å². The second-order valence-corrected chi connectivity index (χ2v) is 3.95. The number of hydrazone groups is 1. The molecule has 0 unspecified atom stereocenters. The fraction of sp³-hybridized carbons (Fsp3) is 0.200. The summed E-state index contributed by atoms with van der Waals surface area (Å²) in [4.78, 5) is 11.6. The van der Waals surface area contributed by atoms with E-state index in [1.54, 1.807) is 17.1 Å². The van der Waals surface area contributed by atoms with Crippen molar-refractivity contribution in [3.8, 4) is 0 Å². The van der Waals surface area contributed by atoms with E-state index in [0.29, 0.717) is 17.9 Å². The zero-order valence-corrected chi connectivity index (χ0v) is 9.82. The number of rotatable bonds is 3. The van der Waals surface area contributed by atoms with Crippen LogP contribution in [0.25, 0.3) is 0 Å². The number of benzene rings is 1. The summed E-state index contributed by atoms with van der Waals surface area (Å²) in [5, 5.41) is 5.72. The van der Waals surface area contributed by atoms with Gasteiger partial charge in [0.1, 0.15) is 13.0 Å². The number of ketones is 1. The van der Waals surface area contributed by atoms with Crippen molar-refractivity contribution in [1.29, 1.82) is 0 Å². The van der Waals surface area contributed by atoms with E-state index in [4.69, 9.17) is 23.4 Å². The van der Waals surface area contributed by atoms with Gasteiger partial charge in [0.05, 0.1) is 11.6 Å². The Labute approximate surface area is 103 Å². The predicted octanol–water partition coefficient (Wildman–Crippen LogP) is 2.28. The largest absolute Gasteiger partial charge is 0.293 e. The lowest BCUT2D eigenvalue weighted by atomic mass is 10.1. The molecule has 1 aliphatic rings. The number of alkyl halides is 1. The van der Waals surface area contributed by atoms with Crippen LogP contribution in [0.3, 0.4) is 0 Å². The summed E-state index contributed by atoms with van der Waals surface area (Å²) >= 11 is 11.3. The first-order chi connectivity index (χ1) is 7.72. The molecule has 0 radical (unpaired) electrons. The summed E-state index contributed by atoms with van der Waals surface area (Å²) in [5.41, 5.74) is 1.27. The van der Waals surface area contributed by atoms with Gasteiger partial charge in [-0.3, -0.25) is 9.21 Å². The lowest BCUT2D eigenvalue weighted by molar-refractivity contribution is 0.102. The molecule has 0 N–H and O–H groups in total. The molecule has 0 spiro atoms. The average Bonchev–Trinajstić information content (AvgIpc) is 2.75. The minimum atomic E-state index is -0.125. The number of carbonyl (C=O) groups excluding carboxylic acids is 1. The molecule has 2 rings (SSSR count). The minimum absolute atomic E-state index is 0.0425. The molecule has 4 nitrogen and oxygen atoms in total. The van der Waals surface area contributed by atoms with Crippen molar-refractivity contribution >= 4 is 41.2 Å². The highest BCUT2D eigenvalue weighted by atomic mass is 35.5. The number of para-hydroxylation sites is 1. The quantitative estimate of drug-likeness (QED) is 0.474. The molecule has 0 amide bonds. The van der Waals surface area contributed by atoms with Crippen LogP contribution in [0, 0.1) is 0 Å². The van der Waals surface area contributed by atoms with Crippen LogP contribution >= 0.6 is 23.4 Å². The Bertz CT molecular complexity index is 436. The van der Waals surface area contributed by atoms with Crippen LogP contribution in [0.2, 0.25) is 0 Å². The van der Waals surface area contributed by atoms with Gasteiger partial charge in [-0.1, -0.05) is 12.1 Å². The Balaban J connectivity index is 2.34. The normalized spacial score (nSPS) is 14.6. The van der Waals surface area contributed by atoms with Crippen molar-refractivity contribution in [2.75, 3.05) is 17.6 Å². The van der Waals surface area contributed by atoms with E-state index >= 15 is 0 Å². The molecular formula is C10H9Cl2N3O. The molecule has 1 aliphatic heterocycles. The SMILES string of the molecule is O=C(CCl)c1ccccc1N1CN(Cl)C=N1. The first-order valence-electron chi connectivity index (χ1n) is 4.64. The highest BCUT2D eigenvalue weighted by Gasteiger charge is 2.19. The molecule has 84 valence electrons. The minimum Gasteiger partial charge on any atom is -0.293 e. The van der Waals surface area contributed by atoms with Gasteiger partial charge >= 0.3 is 0 Å². The van der Waals surface area contributed by atoms with Crippen molar-refractivity contribution < 1.29 is 4.79 Å². The summed E-state index contributed by atoms with van der Waals surface area (Å²) in [6.07, 6.45) is 1.49. The summed E-state index contributed by atoms with van der Waals surface area (Å²) in [5.74, 6) is -0.167. The second kappa shape index (κ2) is 4.72. The smallest absolute Gasteiger partial charge is 0.179 e. The first-order valence-corrected chi connectivity index (χ1v) is 5.52. The van der Waals surface area contributed by atoms with Crippen molar-refractivity contribution in [2.45, 2.75) is 0 Å². The molecule has 16 heavy (non-hydrogen) atoms. The number of Topliss-reactive ketones (excluding diaryl/α,β-unsaturated/α-hetero) is 1. The lowest BCUT2D eigenvalue weighted by Gasteiger charge is -2.17. The Morgan fingerprint density at radius 2 is 2.19 bits per heavy atom. The topological polar surface area (TPSA) is 35.9 Å². The highest BCUT2D eigenvalue weighted by molar-refractivity contribution is 6.31. The van der Waals surface area contributed by atoms with Crippen LogP contribution in [0.15, 0.2) is 29.4 Å². The van der Waals surface area contributed by atoms with Gasteiger partial charge in [0, 0.05) is 17.3 Å². The maximum Gasteiger partial charge on any atom is 0.179 e. The van der Waals surface area contributed by atoms with Crippen molar-refractivity contribution in [1.82, 2.24) is 4.42 Å². The predicted molar refractivity (Wildman–Crippen MR) is 65.0 cm³/mol. The first kappa shape index (κ1) is 11.2. The Kier molecular flexibility index (Phi) is 3.31. The Morgan fingerprint density at radius 1 is 1.44 bits per heavy atom. The maximum absolute atomic E-state index is 11.6. The van der Waals surface area contributed by atoms with Crippen LogP contribution in [-0.2, 0) is 0 Å². The third-order valence-corrected chi connectivity index (χ3v) is 2.63. The molecule has 0 fully saturated rings. The number of hydrogen-bond donors (Lipinski definition) is 0. The summed E-state index contributed by atoms with van der Waals surface area (Å²) in [6.45, 7) is 0.411. The lowest BCUT2D eigenvalue weighted by Crippen LogP contribution is -2.21. The Hall–Kier alpha value is -1.26. The van der Waals surface area contributed by atoms with Crippen molar-refractivity contribution in [2.24, 2.45) is 5.10 Å². The van der Waals surface area contributed by atoms with Crippen LogP contribution in [0.4, 0.5) is 5.69 Å². The fourth-order valence-corrected chi connectivity index (χ4v) is 1.75. The fourth-order valence-electron chi connectivity index (χ4n) is 1.46. The summed E-state index contributed by atoms with van der Waals surface area (Å²) in [7, 11) is 0. The molecule has 0 bridgehead atoms. The van der Waals surface area contributed by atoms with Gasteiger partial charge in [-0.15, -0.1) is 11.6 Å². The zero-order valence-electron chi connectivity index (χ0n) is 8.31. The van der Waals surface area contributed by atoms with Gasteiger partial charge in [0.15, 0.2) is 5.78 Å². The van der Waals surface area contributed by atoms with Gasteiger partial charge in [0.2, 0.25) is 0 Å². The number of anilines is 1. The van der Waals surface area contributed by atoms with Crippen LogP contribution in [0.5, 0.6) is 0 Å². The molecule has 1 heterocycles. The third kappa shape index (κ3) is 2.13. The van der Waals surface area contributed by atoms with Gasteiger partial charge in [0.25, 0.3) is 0 Å². The summed E-state index contributed by atoms with van der Waals surface area (Å²) in [6, 6.07) is 7.17. The number of hydrogen-bond acceptors (Lipinski definition) is 4. The number of halogens is 2. The van der Waals surface area contributed by atoms with Crippen molar-refractivity contribution in [3.05, 3.63) is 29.8 Å². The monoisotopic (exact) mass is 257 g/mol. The van der Waals surface area contributed by atoms with Crippen LogP contribution in [-0.4, -0.2) is 29.1 Å². The van der Waals surface area contributed by atoms with E-state index in [1.165, 1.54) is 10.8 Å². The van der Waals surface area contributed by atoms with Gasteiger partial charge in [-0.25, -0.2) is 5.01 Å². The molecule has 6 heteroatoms. The second-order valence-electron chi connectivity index (χ2n) is 3.25. The molecule has 0 saturated carbocycles. The zero-order chi connectivity index (χ0) is 11.5. The van der Waals surface area contributed by atoms with E-state index in [0.717, 1.165) is 0 Å². The molecule has 0 aliphatic carbocycles. The maximum atomic E-state index is 11.6. The van der Waals surface area contributed by atoms with E-state index in [1.807, 2.05) is 12.1 Å². The highest BCUT2D eigenvalue weighted by Crippen LogP contribution is 2.24. The van der Waals surface area contributed by atoms with E-state index < -0.39 is 0 Å². The number of carbonyl (C=O) groups is 1. The van der Waals surface area contributed by atoms with Crippen LogP contribution in [0.1, 0.15) is 10.4 Å². The third-order valence-electron chi connectivity index (χ3n) is 2.19. The standard InChI is InChI=1S/C10H9Cl2N3O/c11-5-10(16)8-3-1-2-4-9(8)15-7-14(12)6-13-15/h1-4,6H,5,7H2. The number of nitrogens with zero attached hydrogens (tertiary/aromatic N) is 3. The molecule has 1 aromatic carbocycles. The van der Waals surface area contributed by atoms with Gasteiger partial charge < -0.3 is 0 Å². The molecule has 0 saturated heterocycles. The average molecular weight is 258 g/mol. The molecule has 0 aromatic heterocycles.